The minimum Gasteiger partial charge on any atom is -0.376 e. The molecule has 2 aliphatic rings. The number of rotatable bonds is 7. The Balaban J connectivity index is 1.48. The van der Waals surface area contributed by atoms with E-state index in [4.69, 9.17) is 9.72 Å². The molecule has 33 heavy (non-hydrogen) atoms. The SMILES string of the molecule is N#Cc1cccc(CSc2nc3cc(S(=O)(=O)N4CCCC4)ccc3n2CC2CCCO2)c1. The lowest BCUT2D eigenvalue weighted by Gasteiger charge is -2.16. The number of aromatic nitrogens is 2. The topological polar surface area (TPSA) is 88.2 Å². The van der Waals surface area contributed by atoms with Gasteiger partial charge in [0.2, 0.25) is 10.0 Å². The highest BCUT2D eigenvalue weighted by Gasteiger charge is 2.28. The number of benzene rings is 2. The molecule has 0 aliphatic carbocycles. The van der Waals surface area contributed by atoms with E-state index in [0.29, 0.717) is 41.4 Å². The number of hydrogen-bond donors (Lipinski definition) is 0. The van der Waals surface area contributed by atoms with Gasteiger partial charge in [-0.15, -0.1) is 0 Å². The highest BCUT2D eigenvalue weighted by atomic mass is 32.2. The van der Waals surface area contributed by atoms with Gasteiger partial charge in [0.05, 0.1) is 40.2 Å². The molecule has 5 rings (SSSR count). The molecule has 7 nitrogen and oxygen atoms in total. The van der Waals surface area contributed by atoms with Crippen LogP contribution in [-0.4, -0.2) is 48.1 Å². The summed E-state index contributed by atoms with van der Waals surface area (Å²) in [7, 11) is -3.50. The Bertz CT molecular complexity index is 1300. The number of hydrogen-bond acceptors (Lipinski definition) is 6. The van der Waals surface area contributed by atoms with E-state index in [1.807, 2.05) is 24.3 Å². The molecule has 172 valence electrons. The third-order valence-electron chi connectivity index (χ3n) is 6.22. The van der Waals surface area contributed by atoms with Gasteiger partial charge in [-0.3, -0.25) is 0 Å². The number of thioether (sulfide) groups is 1. The molecule has 0 spiro atoms. The van der Waals surface area contributed by atoms with Crippen LogP contribution in [-0.2, 0) is 27.1 Å². The van der Waals surface area contributed by atoms with E-state index in [2.05, 4.69) is 10.6 Å². The summed E-state index contributed by atoms with van der Waals surface area (Å²) in [6.45, 7) is 2.63. The van der Waals surface area contributed by atoms with Gasteiger partial charge in [-0.2, -0.15) is 9.57 Å². The van der Waals surface area contributed by atoms with Crippen molar-refractivity contribution in [2.45, 2.75) is 54.1 Å². The van der Waals surface area contributed by atoms with Crippen LogP contribution in [0.25, 0.3) is 11.0 Å². The largest absolute Gasteiger partial charge is 0.376 e. The Labute approximate surface area is 198 Å². The highest BCUT2D eigenvalue weighted by molar-refractivity contribution is 7.98. The lowest BCUT2D eigenvalue weighted by atomic mass is 10.2. The highest BCUT2D eigenvalue weighted by Crippen LogP contribution is 2.31. The monoisotopic (exact) mass is 482 g/mol. The normalized spacial score (nSPS) is 19.3. The zero-order valence-corrected chi connectivity index (χ0v) is 19.9. The fourth-order valence-corrected chi connectivity index (χ4v) is 6.99. The summed E-state index contributed by atoms with van der Waals surface area (Å²) in [6.07, 6.45) is 4.02. The maximum atomic E-state index is 13.1. The number of sulfonamides is 1. The molecule has 9 heteroatoms. The van der Waals surface area contributed by atoms with Crippen molar-refractivity contribution in [2.24, 2.45) is 0 Å². The molecule has 3 heterocycles. The van der Waals surface area contributed by atoms with Gasteiger partial charge in [0.25, 0.3) is 0 Å². The van der Waals surface area contributed by atoms with E-state index < -0.39 is 10.0 Å². The zero-order valence-electron chi connectivity index (χ0n) is 18.3. The maximum absolute atomic E-state index is 13.1. The van der Waals surface area contributed by atoms with Crippen LogP contribution in [0.2, 0.25) is 0 Å². The minimum atomic E-state index is -3.50. The fraction of sp³-hybridized carbons (Fsp3) is 0.417. The first-order valence-electron chi connectivity index (χ1n) is 11.3. The number of fused-ring (bicyclic) bond motifs is 1. The minimum absolute atomic E-state index is 0.136. The van der Waals surface area contributed by atoms with E-state index in [1.165, 1.54) is 0 Å². The summed E-state index contributed by atoms with van der Waals surface area (Å²) in [5.41, 5.74) is 3.28. The maximum Gasteiger partial charge on any atom is 0.243 e. The average molecular weight is 483 g/mol. The Morgan fingerprint density at radius 1 is 1.15 bits per heavy atom. The quantitative estimate of drug-likeness (QED) is 0.470. The molecule has 1 atom stereocenters. The van der Waals surface area contributed by atoms with Crippen molar-refractivity contribution >= 4 is 32.8 Å². The molecule has 0 N–H and O–H groups in total. The summed E-state index contributed by atoms with van der Waals surface area (Å²) in [5, 5.41) is 10.0. The Morgan fingerprint density at radius 2 is 2.00 bits per heavy atom. The van der Waals surface area contributed by atoms with Gasteiger partial charge in [0.1, 0.15) is 0 Å². The zero-order chi connectivity index (χ0) is 22.8. The number of nitrogens with zero attached hydrogens (tertiary/aromatic N) is 4. The second-order valence-corrected chi connectivity index (χ2v) is 11.4. The Hall–Kier alpha value is -2.38. The predicted octanol–water partition coefficient (Wildman–Crippen LogP) is 4.16. The predicted molar refractivity (Wildman–Crippen MR) is 127 cm³/mol. The molecule has 1 aromatic heterocycles. The van der Waals surface area contributed by atoms with Gasteiger partial charge < -0.3 is 9.30 Å². The number of ether oxygens (including phenoxy) is 1. The first kappa shape index (κ1) is 22.4. The average Bonchev–Trinajstić information content (AvgIpc) is 3.60. The molecule has 2 aliphatic heterocycles. The smallest absolute Gasteiger partial charge is 0.243 e. The molecule has 1 unspecified atom stereocenters. The lowest BCUT2D eigenvalue weighted by Crippen LogP contribution is -2.27. The standard InChI is InChI=1S/C24H26N4O3S2/c25-15-18-5-3-6-19(13-18)17-32-24-26-22-14-21(33(29,30)27-10-1-2-11-27)8-9-23(22)28(24)16-20-7-4-12-31-20/h3,5-6,8-9,13-14,20H,1-2,4,7,10-12,16-17H2. The van der Waals surface area contributed by atoms with Crippen molar-refractivity contribution in [1.29, 1.82) is 5.26 Å². The third-order valence-corrected chi connectivity index (χ3v) is 9.16. The first-order valence-corrected chi connectivity index (χ1v) is 13.7. The van der Waals surface area contributed by atoms with Crippen LogP contribution in [0.3, 0.4) is 0 Å². The molecular weight excluding hydrogens is 456 g/mol. The molecule has 0 radical (unpaired) electrons. The van der Waals surface area contributed by atoms with Crippen molar-refractivity contribution in [1.82, 2.24) is 13.9 Å². The van der Waals surface area contributed by atoms with Crippen LogP contribution >= 0.6 is 11.8 Å². The van der Waals surface area contributed by atoms with E-state index in [1.54, 1.807) is 34.3 Å². The van der Waals surface area contributed by atoms with Crippen LogP contribution in [0.1, 0.15) is 36.8 Å². The van der Waals surface area contributed by atoms with Crippen molar-refractivity contribution in [3.8, 4) is 6.07 Å². The van der Waals surface area contributed by atoms with Crippen LogP contribution in [0, 0.1) is 11.3 Å². The third kappa shape index (κ3) is 4.66. The second-order valence-electron chi connectivity index (χ2n) is 8.50. The van der Waals surface area contributed by atoms with Crippen molar-refractivity contribution < 1.29 is 13.2 Å². The van der Waals surface area contributed by atoms with Gasteiger partial charge in [0, 0.05) is 25.4 Å². The number of nitriles is 1. The lowest BCUT2D eigenvalue weighted by molar-refractivity contribution is 0.0960. The van der Waals surface area contributed by atoms with Crippen LogP contribution < -0.4 is 0 Å². The number of imidazole rings is 1. The van der Waals surface area contributed by atoms with Gasteiger partial charge in [-0.1, -0.05) is 23.9 Å². The van der Waals surface area contributed by atoms with E-state index in [9.17, 15) is 13.7 Å². The molecule has 2 fully saturated rings. The summed E-state index contributed by atoms with van der Waals surface area (Å²) in [6, 6.07) is 15.0. The van der Waals surface area contributed by atoms with Crippen LogP contribution in [0.15, 0.2) is 52.5 Å². The van der Waals surface area contributed by atoms with Gasteiger partial charge >= 0.3 is 0 Å². The van der Waals surface area contributed by atoms with Crippen molar-refractivity contribution in [3.05, 3.63) is 53.6 Å². The van der Waals surface area contributed by atoms with Gasteiger partial charge in [0.15, 0.2) is 5.16 Å². The fourth-order valence-electron chi connectivity index (χ4n) is 4.48. The van der Waals surface area contributed by atoms with E-state index in [-0.39, 0.29) is 6.10 Å². The molecule has 0 bridgehead atoms. The van der Waals surface area contributed by atoms with E-state index >= 15 is 0 Å². The Morgan fingerprint density at radius 3 is 2.76 bits per heavy atom. The molecule has 0 amide bonds. The first-order chi connectivity index (χ1) is 16.0. The van der Waals surface area contributed by atoms with Crippen molar-refractivity contribution in [3.63, 3.8) is 0 Å². The molecule has 3 aromatic rings. The summed E-state index contributed by atoms with van der Waals surface area (Å²) >= 11 is 1.59. The summed E-state index contributed by atoms with van der Waals surface area (Å²) in [4.78, 5) is 5.14. The van der Waals surface area contributed by atoms with Gasteiger partial charge in [-0.25, -0.2) is 13.4 Å². The molecule has 2 saturated heterocycles. The Kier molecular flexibility index (Phi) is 6.43. The van der Waals surface area contributed by atoms with E-state index in [0.717, 1.165) is 48.5 Å². The molecule has 0 saturated carbocycles. The van der Waals surface area contributed by atoms with Crippen molar-refractivity contribution in [2.75, 3.05) is 19.7 Å². The summed E-state index contributed by atoms with van der Waals surface area (Å²) < 4.78 is 35.7. The molecular formula is C24H26N4O3S2. The van der Waals surface area contributed by atoms with Crippen LogP contribution in [0.5, 0.6) is 0 Å². The van der Waals surface area contributed by atoms with Gasteiger partial charge in [-0.05, 0) is 61.6 Å². The summed E-state index contributed by atoms with van der Waals surface area (Å²) in [5.74, 6) is 0.670. The second kappa shape index (κ2) is 9.47. The van der Waals surface area contributed by atoms with Crippen LogP contribution in [0.4, 0.5) is 0 Å². The molecule has 2 aromatic carbocycles.